The molecule has 0 spiro atoms. The third-order valence-corrected chi connectivity index (χ3v) is 5.69. The number of nitrogens with zero attached hydrogens (tertiary/aromatic N) is 2. The van der Waals surface area contributed by atoms with Crippen LogP contribution in [0.3, 0.4) is 0 Å². The normalized spacial score (nSPS) is 10.9. The van der Waals surface area contributed by atoms with Gasteiger partial charge < -0.3 is 5.32 Å². The molecule has 4 heteroatoms. The minimum Gasteiger partial charge on any atom is -0.366 e. The molecule has 0 amide bonds. The summed E-state index contributed by atoms with van der Waals surface area (Å²) in [7, 11) is 1.95. The van der Waals surface area contributed by atoms with Crippen molar-refractivity contribution >= 4 is 17.4 Å². The van der Waals surface area contributed by atoms with Crippen LogP contribution in [0.2, 0.25) is 5.02 Å². The zero-order valence-corrected chi connectivity index (χ0v) is 17.7. The molecule has 0 fully saturated rings. The molecule has 146 valence electrons. The van der Waals surface area contributed by atoms with Gasteiger partial charge in [-0.1, -0.05) is 72.3 Å². The fraction of sp³-hybridized carbons (Fsp3) is 0.160. The molecule has 0 aliphatic heterocycles. The van der Waals surface area contributed by atoms with Crippen molar-refractivity contribution in [1.82, 2.24) is 9.78 Å². The summed E-state index contributed by atoms with van der Waals surface area (Å²) in [5.74, 6) is 0.957. The molecule has 29 heavy (non-hydrogen) atoms. The van der Waals surface area contributed by atoms with Gasteiger partial charge in [0.15, 0.2) is 0 Å². The molecule has 0 aliphatic rings. The summed E-state index contributed by atoms with van der Waals surface area (Å²) in [5.41, 5.74) is 8.18. The van der Waals surface area contributed by atoms with Crippen LogP contribution in [-0.4, -0.2) is 9.78 Å². The predicted octanol–water partition coefficient (Wildman–Crippen LogP) is 6.64. The highest BCUT2D eigenvalue weighted by Crippen LogP contribution is 2.27. The fourth-order valence-corrected chi connectivity index (χ4v) is 3.56. The smallest absolute Gasteiger partial charge is 0.124 e. The van der Waals surface area contributed by atoms with Crippen LogP contribution in [0.25, 0.3) is 22.4 Å². The summed E-state index contributed by atoms with van der Waals surface area (Å²) in [6.07, 6.45) is 0. The van der Waals surface area contributed by atoms with Crippen molar-refractivity contribution in [3.63, 3.8) is 0 Å². The molecule has 0 bridgehead atoms. The molecular formula is C25H24ClN3. The minimum atomic E-state index is 0.657. The standard InChI is InChI=1S/C25H24ClN3/c1-17-8-9-21(14-18(17)2)19-10-12-20(13-11-19)24-15-25(29(3)28-24)27-16-22-6-4-5-7-23(22)26/h4-15,27H,16H2,1-3H3. The number of aryl methyl sites for hydroxylation is 3. The van der Waals surface area contributed by atoms with Gasteiger partial charge in [-0.05, 0) is 47.7 Å². The molecule has 0 aliphatic carbocycles. The van der Waals surface area contributed by atoms with Crippen molar-refractivity contribution in [2.75, 3.05) is 5.32 Å². The molecule has 0 saturated heterocycles. The second-order valence-corrected chi connectivity index (χ2v) is 7.77. The van der Waals surface area contributed by atoms with E-state index in [9.17, 15) is 0 Å². The quantitative estimate of drug-likeness (QED) is 0.406. The Kier molecular flexibility index (Phi) is 5.41. The Morgan fingerprint density at radius 2 is 1.52 bits per heavy atom. The SMILES string of the molecule is Cc1ccc(-c2ccc(-c3cc(NCc4ccccc4Cl)n(C)n3)cc2)cc1C. The topological polar surface area (TPSA) is 29.9 Å². The van der Waals surface area contributed by atoms with Gasteiger partial charge in [-0.25, -0.2) is 0 Å². The number of hydrogen-bond acceptors (Lipinski definition) is 2. The predicted molar refractivity (Wildman–Crippen MR) is 122 cm³/mol. The van der Waals surface area contributed by atoms with Crippen molar-refractivity contribution < 1.29 is 0 Å². The van der Waals surface area contributed by atoms with Gasteiger partial charge >= 0.3 is 0 Å². The maximum Gasteiger partial charge on any atom is 0.124 e. The number of rotatable bonds is 5. The van der Waals surface area contributed by atoms with Crippen LogP contribution in [0.1, 0.15) is 16.7 Å². The molecule has 4 rings (SSSR count). The van der Waals surface area contributed by atoms with E-state index in [0.29, 0.717) is 6.54 Å². The van der Waals surface area contributed by atoms with Gasteiger partial charge in [0.2, 0.25) is 0 Å². The van der Waals surface area contributed by atoms with Crippen LogP contribution in [0.4, 0.5) is 5.82 Å². The van der Waals surface area contributed by atoms with Gasteiger partial charge in [-0.3, -0.25) is 4.68 Å². The maximum atomic E-state index is 6.25. The Bertz CT molecular complexity index is 1140. The van der Waals surface area contributed by atoms with E-state index in [1.807, 2.05) is 36.0 Å². The van der Waals surface area contributed by atoms with E-state index in [0.717, 1.165) is 27.7 Å². The molecule has 1 heterocycles. The zero-order valence-electron chi connectivity index (χ0n) is 16.9. The van der Waals surface area contributed by atoms with Crippen molar-refractivity contribution in [1.29, 1.82) is 0 Å². The number of nitrogens with one attached hydrogen (secondary N) is 1. The van der Waals surface area contributed by atoms with E-state index in [2.05, 4.69) is 72.8 Å². The van der Waals surface area contributed by atoms with Gasteiger partial charge in [0.25, 0.3) is 0 Å². The fourth-order valence-electron chi connectivity index (χ4n) is 3.36. The first-order chi connectivity index (χ1) is 14.0. The van der Waals surface area contributed by atoms with Crippen molar-refractivity contribution in [2.24, 2.45) is 7.05 Å². The summed E-state index contributed by atoms with van der Waals surface area (Å²) < 4.78 is 1.86. The van der Waals surface area contributed by atoms with Crippen LogP contribution >= 0.6 is 11.6 Å². The van der Waals surface area contributed by atoms with Gasteiger partial charge in [0.05, 0.1) is 5.69 Å². The Morgan fingerprint density at radius 3 is 2.24 bits per heavy atom. The third kappa shape index (κ3) is 4.20. The lowest BCUT2D eigenvalue weighted by Gasteiger charge is -2.07. The highest BCUT2D eigenvalue weighted by molar-refractivity contribution is 6.31. The molecule has 0 saturated carbocycles. The average molecular weight is 402 g/mol. The lowest BCUT2D eigenvalue weighted by Crippen LogP contribution is -2.04. The van der Waals surface area contributed by atoms with Gasteiger partial charge in [-0.2, -0.15) is 5.10 Å². The van der Waals surface area contributed by atoms with E-state index in [1.165, 1.54) is 22.3 Å². The largest absolute Gasteiger partial charge is 0.366 e. The molecule has 0 atom stereocenters. The molecule has 4 aromatic rings. The number of anilines is 1. The lowest BCUT2D eigenvalue weighted by molar-refractivity contribution is 0.772. The van der Waals surface area contributed by atoms with E-state index in [1.54, 1.807) is 0 Å². The zero-order chi connectivity index (χ0) is 20.4. The second kappa shape index (κ2) is 8.14. The third-order valence-electron chi connectivity index (χ3n) is 5.32. The first-order valence-corrected chi connectivity index (χ1v) is 10.1. The van der Waals surface area contributed by atoms with Gasteiger partial charge in [0, 0.05) is 30.2 Å². The van der Waals surface area contributed by atoms with E-state index in [4.69, 9.17) is 11.6 Å². The molecule has 3 aromatic carbocycles. The van der Waals surface area contributed by atoms with Crippen LogP contribution in [0, 0.1) is 13.8 Å². The van der Waals surface area contributed by atoms with Crippen molar-refractivity contribution in [2.45, 2.75) is 20.4 Å². The highest BCUT2D eigenvalue weighted by atomic mass is 35.5. The Labute approximate surface area is 177 Å². The molecular weight excluding hydrogens is 378 g/mol. The van der Waals surface area contributed by atoms with Crippen LogP contribution in [0.15, 0.2) is 72.8 Å². The Hall–Kier alpha value is -3.04. The average Bonchev–Trinajstić information content (AvgIpc) is 3.10. The number of hydrogen-bond donors (Lipinski definition) is 1. The van der Waals surface area contributed by atoms with Gasteiger partial charge in [-0.15, -0.1) is 0 Å². The van der Waals surface area contributed by atoms with E-state index in [-0.39, 0.29) is 0 Å². The highest BCUT2D eigenvalue weighted by Gasteiger charge is 2.09. The summed E-state index contributed by atoms with van der Waals surface area (Å²) in [4.78, 5) is 0. The number of halogens is 1. The molecule has 1 N–H and O–H groups in total. The second-order valence-electron chi connectivity index (χ2n) is 7.36. The Balaban J connectivity index is 1.52. The molecule has 0 unspecified atom stereocenters. The number of aromatic nitrogens is 2. The summed E-state index contributed by atoms with van der Waals surface area (Å²) >= 11 is 6.25. The monoisotopic (exact) mass is 401 g/mol. The van der Waals surface area contributed by atoms with E-state index < -0.39 is 0 Å². The van der Waals surface area contributed by atoms with Crippen molar-refractivity contribution in [3.05, 3.63) is 94.5 Å². The van der Waals surface area contributed by atoms with E-state index >= 15 is 0 Å². The Morgan fingerprint density at radius 1 is 0.828 bits per heavy atom. The minimum absolute atomic E-state index is 0.657. The van der Waals surface area contributed by atoms with Crippen molar-refractivity contribution in [3.8, 4) is 22.4 Å². The molecule has 3 nitrogen and oxygen atoms in total. The maximum absolute atomic E-state index is 6.25. The van der Waals surface area contributed by atoms with Crippen LogP contribution in [-0.2, 0) is 13.6 Å². The summed E-state index contributed by atoms with van der Waals surface area (Å²) in [5, 5.41) is 8.86. The lowest BCUT2D eigenvalue weighted by atomic mass is 9.99. The molecule has 0 radical (unpaired) electrons. The first kappa shape index (κ1) is 19.3. The summed E-state index contributed by atoms with van der Waals surface area (Å²) in [6, 6.07) is 25.1. The summed E-state index contributed by atoms with van der Waals surface area (Å²) in [6.45, 7) is 4.95. The van der Waals surface area contributed by atoms with Crippen LogP contribution < -0.4 is 5.32 Å². The number of benzene rings is 3. The van der Waals surface area contributed by atoms with Crippen LogP contribution in [0.5, 0.6) is 0 Å². The van der Waals surface area contributed by atoms with Gasteiger partial charge in [0.1, 0.15) is 5.82 Å². The molecule has 1 aromatic heterocycles. The first-order valence-electron chi connectivity index (χ1n) is 9.70.